The second-order valence-corrected chi connectivity index (χ2v) is 4.18. The second kappa shape index (κ2) is 6.83. The molecule has 0 aromatic rings. The molecule has 0 bridgehead atoms. The Morgan fingerprint density at radius 2 is 2.44 bits per heavy atom. The van der Waals surface area contributed by atoms with Crippen molar-refractivity contribution < 1.29 is 14.6 Å². The first kappa shape index (κ1) is 13.4. The molecular formula is C11H22N2O3. The lowest BCUT2D eigenvalue weighted by molar-refractivity contribution is -0.139. The molecule has 5 heteroatoms. The maximum Gasteiger partial charge on any atom is 0.320 e. The van der Waals surface area contributed by atoms with E-state index in [0.29, 0.717) is 19.1 Å². The number of aliphatic carboxylic acids is 1. The largest absolute Gasteiger partial charge is 0.480 e. The van der Waals surface area contributed by atoms with Crippen molar-refractivity contribution in [1.29, 1.82) is 0 Å². The van der Waals surface area contributed by atoms with E-state index in [4.69, 9.17) is 9.84 Å². The highest BCUT2D eigenvalue weighted by Gasteiger charge is 2.23. The van der Waals surface area contributed by atoms with Gasteiger partial charge in [-0.3, -0.25) is 4.79 Å². The van der Waals surface area contributed by atoms with Crippen molar-refractivity contribution in [2.45, 2.75) is 31.9 Å². The Bertz CT molecular complexity index is 223. The van der Waals surface area contributed by atoms with E-state index in [1.54, 1.807) is 7.11 Å². The van der Waals surface area contributed by atoms with Crippen molar-refractivity contribution in [3.05, 3.63) is 0 Å². The van der Waals surface area contributed by atoms with Crippen LogP contribution in [0.15, 0.2) is 0 Å². The molecule has 1 rings (SSSR count). The van der Waals surface area contributed by atoms with E-state index < -0.39 is 12.0 Å². The van der Waals surface area contributed by atoms with Gasteiger partial charge in [0.2, 0.25) is 0 Å². The fourth-order valence-electron chi connectivity index (χ4n) is 2.06. The molecule has 0 saturated carbocycles. The van der Waals surface area contributed by atoms with Crippen molar-refractivity contribution >= 4 is 5.97 Å². The van der Waals surface area contributed by atoms with Crippen LogP contribution < -0.4 is 5.32 Å². The Morgan fingerprint density at radius 1 is 1.69 bits per heavy atom. The molecule has 1 aliphatic heterocycles. The van der Waals surface area contributed by atoms with Crippen molar-refractivity contribution in [2.24, 2.45) is 0 Å². The number of methoxy groups -OCH3 is 1. The number of ether oxygens (including phenoxy) is 1. The minimum Gasteiger partial charge on any atom is -0.480 e. The summed E-state index contributed by atoms with van der Waals surface area (Å²) in [6.45, 7) is 5.38. The van der Waals surface area contributed by atoms with Crippen LogP contribution >= 0.6 is 0 Å². The van der Waals surface area contributed by atoms with E-state index in [9.17, 15) is 4.79 Å². The van der Waals surface area contributed by atoms with Crippen molar-refractivity contribution in [3.63, 3.8) is 0 Å². The number of carboxylic acids is 1. The molecule has 0 aliphatic carbocycles. The van der Waals surface area contributed by atoms with Crippen LogP contribution in [0.1, 0.15) is 19.8 Å². The molecular weight excluding hydrogens is 208 g/mol. The minimum absolute atomic E-state index is 0.322. The normalized spacial score (nSPS) is 23.5. The summed E-state index contributed by atoms with van der Waals surface area (Å²) in [6.07, 6.45) is 2.03. The predicted molar refractivity (Wildman–Crippen MR) is 61.6 cm³/mol. The van der Waals surface area contributed by atoms with Gasteiger partial charge in [-0.05, 0) is 19.4 Å². The molecule has 2 atom stereocenters. The van der Waals surface area contributed by atoms with Crippen LogP contribution in [0.2, 0.25) is 0 Å². The third kappa shape index (κ3) is 4.08. The lowest BCUT2D eigenvalue weighted by atomic mass is 10.2. The Morgan fingerprint density at radius 3 is 2.94 bits per heavy atom. The number of likely N-dealkylation sites (N-methyl/N-ethyl adjacent to an activating group) is 1. The molecule has 16 heavy (non-hydrogen) atoms. The number of hydrogen-bond acceptors (Lipinski definition) is 4. The van der Waals surface area contributed by atoms with Gasteiger partial charge in [0.25, 0.3) is 0 Å². The first-order valence-corrected chi connectivity index (χ1v) is 5.88. The van der Waals surface area contributed by atoms with Gasteiger partial charge < -0.3 is 20.1 Å². The molecule has 0 spiro atoms. The standard InChI is InChI=1S/C11H22N2O3/c1-3-12-10(11(14)15)5-7-13-6-4-9(8-13)16-2/h9-10,12H,3-8H2,1-2H3,(H,14,15). The third-order valence-corrected chi connectivity index (χ3v) is 3.05. The highest BCUT2D eigenvalue weighted by molar-refractivity contribution is 5.73. The number of hydrogen-bond donors (Lipinski definition) is 2. The molecule has 2 unspecified atom stereocenters. The van der Waals surface area contributed by atoms with Crippen LogP contribution in [0, 0.1) is 0 Å². The van der Waals surface area contributed by atoms with E-state index in [2.05, 4.69) is 10.2 Å². The Hall–Kier alpha value is -0.650. The maximum atomic E-state index is 10.9. The summed E-state index contributed by atoms with van der Waals surface area (Å²) in [6, 6.07) is -0.424. The first-order valence-electron chi connectivity index (χ1n) is 5.88. The zero-order valence-corrected chi connectivity index (χ0v) is 10.1. The van der Waals surface area contributed by atoms with Crippen LogP contribution in [0.5, 0.6) is 0 Å². The third-order valence-electron chi connectivity index (χ3n) is 3.05. The summed E-state index contributed by atoms with van der Waals surface area (Å²) in [4.78, 5) is 13.2. The van der Waals surface area contributed by atoms with E-state index >= 15 is 0 Å². The summed E-state index contributed by atoms with van der Waals surface area (Å²) in [7, 11) is 1.73. The Balaban J connectivity index is 2.24. The molecule has 0 radical (unpaired) electrons. The zero-order chi connectivity index (χ0) is 12.0. The molecule has 0 aromatic heterocycles. The fraction of sp³-hybridized carbons (Fsp3) is 0.909. The molecule has 1 fully saturated rings. The van der Waals surface area contributed by atoms with Gasteiger partial charge in [0.15, 0.2) is 0 Å². The van der Waals surface area contributed by atoms with E-state index in [1.807, 2.05) is 6.92 Å². The van der Waals surface area contributed by atoms with Gasteiger partial charge in [-0.2, -0.15) is 0 Å². The first-order chi connectivity index (χ1) is 7.67. The monoisotopic (exact) mass is 230 g/mol. The van der Waals surface area contributed by atoms with Gasteiger partial charge >= 0.3 is 5.97 Å². The molecule has 94 valence electrons. The van der Waals surface area contributed by atoms with Gasteiger partial charge in [-0.15, -0.1) is 0 Å². The quantitative estimate of drug-likeness (QED) is 0.652. The van der Waals surface area contributed by atoms with Gasteiger partial charge in [-0.25, -0.2) is 0 Å². The number of carboxylic acid groups (broad SMARTS) is 1. The molecule has 1 aliphatic rings. The van der Waals surface area contributed by atoms with Crippen molar-refractivity contribution in [2.75, 3.05) is 33.3 Å². The van der Waals surface area contributed by atoms with Gasteiger partial charge in [-0.1, -0.05) is 6.92 Å². The van der Waals surface area contributed by atoms with E-state index in [0.717, 1.165) is 26.1 Å². The van der Waals surface area contributed by atoms with Gasteiger partial charge in [0.1, 0.15) is 6.04 Å². The Kier molecular flexibility index (Phi) is 5.73. The van der Waals surface area contributed by atoms with Crippen LogP contribution in [-0.4, -0.2) is 61.4 Å². The van der Waals surface area contributed by atoms with E-state index in [1.165, 1.54) is 0 Å². The molecule has 1 heterocycles. The summed E-state index contributed by atoms with van der Waals surface area (Å²) in [5, 5.41) is 11.9. The summed E-state index contributed by atoms with van der Waals surface area (Å²) in [5.41, 5.74) is 0. The lowest BCUT2D eigenvalue weighted by Crippen LogP contribution is -2.39. The van der Waals surface area contributed by atoms with Crippen molar-refractivity contribution in [1.82, 2.24) is 10.2 Å². The average molecular weight is 230 g/mol. The molecule has 0 amide bonds. The number of carbonyl (C=O) groups is 1. The summed E-state index contributed by atoms with van der Waals surface area (Å²) < 4.78 is 5.27. The van der Waals surface area contributed by atoms with Gasteiger partial charge in [0, 0.05) is 26.7 Å². The van der Waals surface area contributed by atoms with E-state index in [-0.39, 0.29) is 0 Å². The number of nitrogens with one attached hydrogen (secondary N) is 1. The summed E-state index contributed by atoms with van der Waals surface area (Å²) >= 11 is 0. The fourth-order valence-corrected chi connectivity index (χ4v) is 2.06. The molecule has 1 saturated heterocycles. The topological polar surface area (TPSA) is 61.8 Å². The Labute approximate surface area is 96.8 Å². The van der Waals surface area contributed by atoms with Crippen LogP contribution in [0.4, 0.5) is 0 Å². The van der Waals surface area contributed by atoms with Crippen LogP contribution in [0.25, 0.3) is 0 Å². The average Bonchev–Trinajstić information content (AvgIpc) is 2.71. The zero-order valence-electron chi connectivity index (χ0n) is 10.1. The highest BCUT2D eigenvalue weighted by Crippen LogP contribution is 2.12. The highest BCUT2D eigenvalue weighted by atomic mass is 16.5. The van der Waals surface area contributed by atoms with Gasteiger partial charge in [0.05, 0.1) is 6.10 Å². The van der Waals surface area contributed by atoms with Crippen molar-refractivity contribution in [3.8, 4) is 0 Å². The minimum atomic E-state index is -0.760. The lowest BCUT2D eigenvalue weighted by Gasteiger charge is -2.19. The number of likely N-dealkylation sites (tertiary alicyclic amines) is 1. The SMILES string of the molecule is CCNC(CCN1CCC(OC)C1)C(=O)O. The number of nitrogens with zero attached hydrogens (tertiary/aromatic N) is 1. The predicted octanol–water partition coefficient (Wildman–Crippen LogP) is 0.160. The number of rotatable bonds is 7. The summed E-state index contributed by atoms with van der Waals surface area (Å²) in [5.74, 6) is -0.760. The molecule has 5 nitrogen and oxygen atoms in total. The van der Waals surface area contributed by atoms with Crippen LogP contribution in [-0.2, 0) is 9.53 Å². The van der Waals surface area contributed by atoms with Crippen LogP contribution in [0.3, 0.4) is 0 Å². The molecule has 0 aromatic carbocycles. The smallest absolute Gasteiger partial charge is 0.320 e. The second-order valence-electron chi connectivity index (χ2n) is 4.18. The maximum absolute atomic E-state index is 10.9. The molecule has 2 N–H and O–H groups in total.